The van der Waals surface area contributed by atoms with Crippen LogP contribution in [0.25, 0.3) is 0 Å². The third kappa shape index (κ3) is 5.08. The second-order valence-corrected chi connectivity index (χ2v) is 14.4. The van der Waals surface area contributed by atoms with Gasteiger partial charge in [0.1, 0.15) is 0 Å². The van der Waals surface area contributed by atoms with Gasteiger partial charge in [-0.05, 0) is 119 Å². The molecule has 4 heterocycles. The molecule has 8 heteroatoms. The zero-order valence-electron chi connectivity index (χ0n) is 22.3. The van der Waals surface area contributed by atoms with Crippen LogP contribution in [0.15, 0.2) is 18.2 Å². The fraction of sp³-hybridized carbons (Fsp3) is 0.714. The highest BCUT2D eigenvalue weighted by atomic mass is 127. The van der Waals surface area contributed by atoms with E-state index in [4.69, 9.17) is 4.74 Å². The lowest BCUT2D eigenvalue weighted by atomic mass is 9.77. The predicted molar refractivity (Wildman–Crippen MR) is 152 cm³/mol. The Kier molecular flexibility index (Phi) is 7.22. The first-order chi connectivity index (χ1) is 17.1. The first-order valence-electron chi connectivity index (χ1n) is 13.7. The average molecular weight is 609 g/mol. The van der Waals surface area contributed by atoms with Gasteiger partial charge in [0.05, 0.1) is 5.41 Å². The van der Waals surface area contributed by atoms with E-state index in [1.54, 1.807) is 4.90 Å². The van der Waals surface area contributed by atoms with E-state index >= 15 is 0 Å². The summed E-state index contributed by atoms with van der Waals surface area (Å²) in [5.74, 6) is 0.227. The Labute approximate surface area is 229 Å². The van der Waals surface area contributed by atoms with Gasteiger partial charge < -0.3 is 19.4 Å². The van der Waals surface area contributed by atoms with Gasteiger partial charge in [0.2, 0.25) is 5.91 Å². The highest BCUT2D eigenvalue weighted by Gasteiger charge is 2.49. The first-order valence-corrected chi connectivity index (χ1v) is 14.7. The molecule has 198 valence electrons. The molecule has 0 aromatic heterocycles. The fourth-order valence-electron chi connectivity index (χ4n) is 6.79. The lowest BCUT2D eigenvalue weighted by molar-refractivity contribution is -0.127. The van der Waals surface area contributed by atoms with Crippen LogP contribution in [0.4, 0.5) is 16.2 Å². The van der Waals surface area contributed by atoms with Crippen LogP contribution in [0.1, 0.15) is 64.9 Å². The summed E-state index contributed by atoms with van der Waals surface area (Å²) in [5.41, 5.74) is 3.13. The zero-order chi connectivity index (χ0) is 25.7. The average Bonchev–Trinajstić information content (AvgIpc) is 3.54. The van der Waals surface area contributed by atoms with E-state index in [1.807, 2.05) is 18.7 Å². The molecule has 0 bridgehead atoms. The number of halogens is 1. The summed E-state index contributed by atoms with van der Waals surface area (Å²) in [6.07, 6.45) is 5.89. The minimum Gasteiger partial charge on any atom is -0.433 e. The second kappa shape index (κ2) is 9.97. The minimum atomic E-state index is -0.532. The number of rotatable bonds is 4. The normalized spacial score (nSPS) is 26.9. The summed E-state index contributed by atoms with van der Waals surface area (Å²) < 4.78 is 5.00. The molecule has 2 amide bonds. The Morgan fingerprint density at radius 2 is 1.81 bits per heavy atom. The van der Waals surface area contributed by atoms with Crippen molar-refractivity contribution < 1.29 is 14.3 Å². The molecule has 5 rings (SSSR count). The van der Waals surface area contributed by atoms with Crippen molar-refractivity contribution in [3.05, 3.63) is 23.8 Å². The molecule has 7 nitrogen and oxygen atoms in total. The third-order valence-corrected chi connectivity index (χ3v) is 9.11. The van der Waals surface area contributed by atoms with E-state index in [2.05, 4.69) is 64.4 Å². The smallest absolute Gasteiger partial charge is 0.411 e. The van der Waals surface area contributed by atoms with Crippen molar-refractivity contribution in [1.82, 2.24) is 9.80 Å². The van der Waals surface area contributed by atoms with E-state index in [9.17, 15) is 9.59 Å². The van der Waals surface area contributed by atoms with Gasteiger partial charge in [0.25, 0.3) is 0 Å². The van der Waals surface area contributed by atoms with Crippen molar-refractivity contribution in [2.45, 2.75) is 81.9 Å². The summed E-state index contributed by atoms with van der Waals surface area (Å²) in [5, 5.41) is 0. The molecule has 4 fully saturated rings. The van der Waals surface area contributed by atoms with E-state index < -0.39 is 3.61 Å². The topological polar surface area (TPSA) is 56.3 Å². The molecule has 0 saturated carbocycles. The predicted octanol–water partition coefficient (Wildman–Crippen LogP) is 5.18. The number of carbonyl (C=O) groups is 2. The van der Waals surface area contributed by atoms with Crippen molar-refractivity contribution in [3.8, 4) is 0 Å². The summed E-state index contributed by atoms with van der Waals surface area (Å²) in [6.45, 7) is 13.6. The molecule has 36 heavy (non-hydrogen) atoms. The van der Waals surface area contributed by atoms with Gasteiger partial charge in [-0.2, -0.15) is 0 Å². The van der Waals surface area contributed by atoms with Gasteiger partial charge in [-0.15, -0.1) is 0 Å². The van der Waals surface area contributed by atoms with Gasteiger partial charge in [-0.1, -0.05) is 0 Å². The molecule has 1 aromatic carbocycles. The molecule has 4 aliphatic heterocycles. The number of amides is 2. The minimum absolute atomic E-state index is 0.227. The molecule has 0 N–H and O–H groups in total. The Balaban J connectivity index is 1.21. The number of hydrogen-bond donors (Lipinski definition) is 0. The number of hydrogen-bond acceptors (Lipinski definition) is 5. The van der Waals surface area contributed by atoms with Gasteiger partial charge in [0, 0.05) is 56.2 Å². The number of ether oxygens (including phenoxy) is 1. The quantitative estimate of drug-likeness (QED) is 0.348. The van der Waals surface area contributed by atoms with Crippen molar-refractivity contribution in [2.75, 3.05) is 49.1 Å². The first kappa shape index (κ1) is 26.1. The lowest BCUT2D eigenvalue weighted by Crippen LogP contribution is -2.47. The Bertz CT molecular complexity index is 1000. The van der Waals surface area contributed by atoms with E-state index in [0.717, 1.165) is 31.7 Å². The van der Waals surface area contributed by atoms with Gasteiger partial charge in [-0.3, -0.25) is 9.69 Å². The molecule has 2 unspecified atom stereocenters. The van der Waals surface area contributed by atoms with E-state index in [0.29, 0.717) is 38.0 Å². The molecular formula is C28H41IN4O3. The monoisotopic (exact) mass is 608 g/mol. The molecule has 0 aliphatic carbocycles. The van der Waals surface area contributed by atoms with Crippen LogP contribution in [0, 0.1) is 12.3 Å². The molecule has 1 aromatic rings. The lowest BCUT2D eigenvalue weighted by Gasteiger charge is -2.38. The largest absolute Gasteiger partial charge is 0.433 e. The number of aryl methyl sites for hydroxylation is 1. The number of likely N-dealkylation sites (tertiary alicyclic amines) is 2. The standard InChI is InChI=1S/C28H41IN4O3/c1-20-18-22(31-14-9-23(19-31)32-13-5-6-21(32)2)7-8-24(20)33-17-12-28(25(33)34)10-15-30(16-11-28)26(35)36-27(3,4)29/h7-8,18,21,23H,5-6,9-17,19H2,1-4H3. The van der Waals surface area contributed by atoms with Crippen LogP contribution in [0.5, 0.6) is 0 Å². The Morgan fingerprint density at radius 1 is 1.08 bits per heavy atom. The number of alkyl halides is 1. The summed E-state index contributed by atoms with van der Waals surface area (Å²) >= 11 is 2.12. The maximum absolute atomic E-state index is 13.7. The molecule has 2 atom stereocenters. The number of piperidine rings is 1. The molecular weight excluding hydrogens is 567 g/mol. The second-order valence-electron chi connectivity index (χ2n) is 11.8. The maximum atomic E-state index is 13.7. The fourth-order valence-corrected chi connectivity index (χ4v) is 6.98. The van der Waals surface area contributed by atoms with E-state index in [1.165, 1.54) is 37.1 Å². The molecule has 4 aliphatic rings. The molecule has 1 spiro atoms. The van der Waals surface area contributed by atoms with Crippen LogP contribution in [-0.2, 0) is 9.53 Å². The summed E-state index contributed by atoms with van der Waals surface area (Å²) in [4.78, 5) is 35.1. The molecule has 0 radical (unpaired) electrons. The zero-order valence-corrected chi connectivity index (χ0v) is 24.4. The van der Waals surface area contributed by atoms with Crippen LogP contribution in [0.3, 0.4) is 0 Å². The third-order valence-electron chi connectivity index (χ3n) is 8.89. The highest BCUT2D eigenvalue weighted by Crippen LogP contribution is 2.44. The Hall–Kier alpha value is -1.55. The SMILES string of the molecule is Cc1cc(N2CCC(N3CCCC3C)C2)ccc1N1CCC2(CCN(C(=O)OC(C)(C)I)CC2)C1=O. The summed E-state index contributed by atoms with van der Waals surface area (Å²) in [6, 6.07) is 8.01. The van der Waals surface area contributed by atoms with Gasteiger partial charge in [0.15, 0.2) is 3.61 Å². The van der Waals surface area contributed by atoms with Crippen molar-refractivity contribution >= 4 is 46.0 Å². The maximum Gasteiger partial charge on any atom is 0.411 e. The van der Waals surface area contributed by atoms with Crippen molar-refractivity contribution in [3.63, 3.8) is 0 Å². The molecule has 4 saturated heterocycles. The Morgan fingerprint density at radius 3 is 2.44 bits per heavy atom. The van der Waals surface area contributed by atoms with Crippen LogP contribution >= 0.6 is 22.6 Å². The highest BCUT2D eigenvalue weighted by molar-refractivity contribution is 14.1. The number of nitrogens with zero attached hydrogens (tertiary/aromatic N) is 4. The van der Waals surface area contributed by atoms with Crippen molar-refractivity contribution in [1.29, 1.82) is 0 Å². The van der Waals surface area contributed by atoms with Crippen LogP contribution in [0.2, 0.25) is 0 Å². The van der Waals surface area contributed by atoms with E-state index in [-0.39, 0.29) is 17.4 Å². The van der Waals surface area contributed by atoms with Gasteiger partial charge in [-0.25, -0.2) is 4.79 Å². The number of carbonyl (C=O) groups excluding carboxylic acids is 2. The van der Waals surface area contributed by atoms with Crippen molar-refractivity contribution in [2.24, 2.45) is 5.41 Å². The van der Waals surface area contributed by atoms with Gasteiger partial charge >= 0.3 is 6.09 Å². The number of anilines is 2. The summed E-state index contributed by atoms with van der Waals surface area (Å²) in [7, 11) is 0. The van der Waals surface area contributed by atoms with Crippen LogP contribution in [-0.4, -0.2) is 76.8 Å². The van der Waals surface area contributed by atoms with Crippen LogP contribution < -0.4 is 9.80 Å². The number of benzene rings is 1.